The van der Waals surface area contributed by atoms with Crippen LogP contribution in [0, 0.1) is 0 Å². The molecule has 42 valence electrons. The number of rotatable bonds is 2. The molecule has 0 aliphatic heterocycles. The molecule has 4 nitrogen and oxygen atoms in total. The highest BCUT2D eigenvalue weighted by atomic mass is 16.5. The van der Waals surface area contributed by atoms with Crippen LogP contribution in [0.1, 0.15) is 0 Å². The molecule has 1 atom stereocenters. The molecule has 0 aromatic carbocycles. The third kappa shape index (κ3) is 2.13. The standard InChI is InChI=1S/C3H7NO3/c4-2(1-5)3(6)7/h2,5H,1,4H2,(H,6,7)/t2-/m0/s1/i3+1,4+1. The average molecular weight is 107 g/mol. The summed E-state index contributed by atoms with van der Waals surface area (Å²) in [6.07, 6.45) is 0. The molecule has 0 spiro atoms. The van der Waals surface area contributed by atoms with Crippen molar-refractivity contribution in [3.8, 4) is 0 Å². The topological polar surface area (TPSA) is 83.5 Å². The third-order valence-corrected chi connectivity index (χ3v) is 0.514. The van der Waals surface area contributed by atoms with Crippen molar-refractivity contribution in [2.75, 3.05) is 6.61 Å². The van der Waals surface area contributed by atoms with Crippen molar-refractivity contribution in [3.63, 3.8) is 0 Å². The van der Waals surface area contributed by atoms with Crippen LogP contribution in [0.15, 0.2) is 0 Å². The van der Waals surface area contributed by atoms with E-state index in [1.54, 1.807) is 0 Å². The highest BCUT2D eigenvalue weighted by molar-refractivity contribution is 5.73. The maximum absolute atomic E-state index is 9.65. The Kier molecular flexibility index (Phi) is 2.32. The van der Waals surface area contributed by atoms with Gasteiger partial charge in [-0.3, -0.25) is 4.79 Å². The van der Waals surface area contributed by atoms with Crippen LogP contribution >= 0.6 is 0 Å². The number of carbonyl (C=O) groups is 1. The molecule has 4 N–H and O–H groups in total. The number of carboxylic acid groups (broad SMARTS) is 1. The van der Waals surface area contributed by atoms with E-state index in [9.17, 15) is 4.79 Å². The number of hydrogen-bond donors (Lipinski definition) is 3. The third-order valence-electron chi connectivity index (χ3n) is 0.514. The summed E-state index contributed by atoms with van der Waals surface area (Å²) in [6, 6.07) is -1.13. The number of aliphatic hydroxyl groups excluding tert-OH is 1. The molecule has 0 aromatic rings. The number of aliphatic hydroxyl groups is 1. The molecule has 0 aliphatic carbocycles. The average Bonchev–Trinajstić information content (AvgIpc) is 1.65. The lowest BCUT2D eigenvalue weighted by molar-refractivity contribution is -0.139. The molecule has 7 heavy (non-hydrogen) atoms. The Balaban J connectivity index is 3.34. The van der Waals surface area contributed by atoms with Gasteiger partial charge in [-0.25, -0.2) is 0 Å². The van der Waals surface area contributed by atoms with Gasteiger partial charge < -0.3 is 15.9 Å². The van der Waals surface area contributed by atoms with Gasteiger partial charge in [0.15, 0.2) is 0 Å². The number of nitrogens with two attached hydrogens (primary N) is 1. The highest BCUT2D eigenvalue weighted by Crippen LogP contribution is 1.71. The fourth-order valence-corrected chi connectivity index (χ4v) is 0.0781. The van der Waals surface area contributed by atoms with E-state index in [0.717, 1.165) is 0 Å². The first-order chi connectivity index (χ1) is 3.18. The number of carboxylic acids is 1. The van der Waals surface area contributed by atoms with Crippen LogP contribution in [0.4, 0.5) is 0 Å². The first-order valence-electron chi connectivity index (χ1n) is 1.77. The Morgan fingerprint density at radius 2 is 2.29 bits per heavy atom. The molecule has 0 saturated carbocycles. The normalized spacial score (nSPS) is 13.4. The van der Waals surface area contributed by atoms with Gasteiger partial charge in [-0.1, -0.05) is 0 Å². The first-order valence-corrected chi connectivity index (χ1v) is 1.77. The first kappa shape index (κ1) is 6.39. The zero-order valence-corrected chi connectivity index (χ0v) is 3.66. The van der Waals surface area contributed by atoms with E-state index in [-0.39, 0.29) is 0 Å². The molecule has 0 rings (SSSR count). The minimum Gasteiger partial charge on any atom is -0.480 e. The smallest absolute Gasteiger partial charge is 0.322 e. The van der Waals surface area contributed by atoms with Gasteiger partial charge in [-0.2, -0.15) is 0 Å². The van der Waals surface area contributed by atoms with Crippen LogP contribution in [-0.4, -0.2) is 28.8 Å². The van der Waals surface area contributed by atoms with Crippen LogP contribution in [0.5, 0.6) is 0 Å². The molecule has 0 amide bonds. The fraction of sp³-hybridized carbons (Fsp3) is 0.667. The van der Waals surface area contributed by atoms with Crippen LogP contribution < -0.4 is 5.73 Å². The van der Waals surface area contributed by atoms with E-state index in [2.05, 4.69) is 0 Å². The van der Waals surface area contributed by atoms with Gasteiger partial charge in [-0.05, 0) is 0 Å². The lowest BCUT2D eigenvalue weighted by Crippen LogP contribution is -2.33. The summed E-state index contributed by atoms with van der Waals surface area (Å²) in [7, 11) is 0. The molecule has 0 bridgehead atoms. The molecule has 0 aliphatic rings. The number of aliphatic carboxylic acids is 1. The van der Waals surface area contributed by atoms with Gasteiger partial charge in [-0.15, -0.1) is 0 Å². The van der Waals surface area contributed by atoms with E-state index >= 15 is 0 Å². The van der Waals surface area contributed by atoms with Crippen LogP contribution in [0.2, 0.25) is 0 Å². The molecule has 0 heterocycles. The van der Waals surface area contributed by atoms with Crippen molar-refractivity contribution in [2.45, 2.75) is 6.04 Å². The van der Waals surface area contributed by atoms with Crippen LogP contribution in [-0.2, 0) is 4.79 Å². The summed E-state index contributed by atoms with van der Waals surface area (Å²) >= 11 is 0. The summed E-state index contributed by atoms with van der Waals surface area (Å²) in [6.45, 7) is -0.505. The van der Waals surface area contributed by atoms with Crippen LogP contribution in [0.25, 0.3) is 0 Å². The summed E-state index contributed by atoms with van der Waals surface area (Å²) < 4.78 is 0. The van der Waals surface area contributed by atoms with E-state index in [1.165, 1.54) is 0 Å². The predicted molar refractivity (Wildman–Crippen MR) is 22.7 cm³/mol. The second-order valence-electron chi connectivity index (χ2n) is 1.13. The minimum atomic E-state index is -1.18. The summed E-state index contributed by atoms with van der Waals surface area (Å²) in [5.74, 6) is -1.18. The predicted octanol–water partition coefficient (Wildman–Crippen LogP) is -1.61. The van der Waals surface area contributed by atoms with Crippen LogP contribution in [0.3, 0.4) is 0 Å². The molecule has 4 heteroatoms. The molecule has 0 radical (unpaired) electrons. The maximum Gasteiger partial charge on any atom is 0.322 e. The van der Waals surface area contributed by atoms with Crippen molar-refractivity contribution in [1.29, 1.82) is 0 Å². The Morgan fingerprint density at radius 3 is 2.29 bits per heavy atom. The zero-order valence-electron chi connectivity index (χ0n) is 3.66. The minimum absolute atomic E-state index is 0.505. The second kappa shape index (κ2) is 2.54. The van der Waals surface area contributed by atoms with Gasteiger partial charge >= 0.3 is 5.97 Å². The summed E-state index contributed by atoms with van der Waals surface area (Å²) in [5, 5.41) is 15.9. The largest absolute Gasteiger partial charge is 0.480 e. The second-order valence-corrected chi connectivity index (χ2v) is 1.13. The van der Waals surface area contributed by atoms with Crippen molar-refractivity contribution >= 4 is 5.97 Å². The summed E-state index contributed by atoms with van der Waals surface area (Å²) in [4.78, 5) is 9.65. The zero-order chi connectivity index (χ0) is 5.86. The molecular formula is C3H7NO3. The lowest BCUT2D eigenvalue weighted by Gasteiger charge is -1.96. The van der Waals surface area contributed by atoms with Crippen molar-refractivity contribution in [2.24, 2.45) is 5.73 Å². The Labute approximate surface area is 40.6 Å². The van der Waals surface area contributed by atoms with E-state index in [0.29, 0.717) is 0 Å². The monoisotopic (exact) mass is 107 g/mol. The quantitative estimate of drug-likeness (QED) is 0.293. The molecule has 0 unspecified atom stereocenters. The van der Waals surface area contributed by atoms with Gasteiger partial charge in [0.05, 0.1) is 6.61 Å². The van der Waals surface area contributed by atoms with Crippen molar-refractivity contribution < 1.29 is 15.0 Å². The van der Waals surface area contributed by atoms with Crippen molar-refractivity contribution in [1.82, 2.24) is 0 Å². The van der Waals surface area contributed by atoms with Gasteiger partial charge in [0.1, 0.15) is 6.04 Å². The van der Waals surface area contributed by atoms with Gasteiger partial charge in [0.2, 0.25) is 0 Å². The Hall–Kier alpha value is -0.610. The van der Waals surface area contributed by atoms with E-state index in [4.69, 9.17) is 15.9 Å². The molecule has 0 aromatic heterocycles. The number of hydrogen-bond acceptors (Lipinski definition) is 3. The SMILES string of the molecule is [15NH2][C@@H](CO)[13C](=O)O. The summed E-state index contributed by atoms with van der Waals surface area (Å²) in [5.41, 5.74) is 4.77. The van der Waals surface area contributed by atoms with Gasteiger partial charge in [0.25, 0.3) is 0 Å². The van der Waals surface area contributed by atoms with Crippen molar-refractivity contribution in [3.05, 3.63) is 0 Å². The Morgan fingerprint density at radius 1 is 1.86 bits per heavy atom. The molecule has 0 saturated heterocycles. The van der Waals surface area contributed by atoms with E-state index in [1.807, 2.05) is 0 Å². The van der Waals surface area contributed by atoms with E-state index < -0.39 is 18.6 Å². The highest BCUT2D eigenvalue weighted by Gasteiger charge is 2.06. The fourth-order valence-electron chi connectivity index (χ4n) is 0.0781. The molecule has 0 fully saturated rings. The Bertz CT molecular complexity index is 72.6. The maximum atomic E-state index is 9.65. The molecular weight excluding hydrogens is 100 g/mol. The lowest BCUT2D eigenvalue weighted by atomic mass is 10.5. The van der Waals surface area contributed by atoms with Gasteiger partial charge in [0, 0.05) is 0 Å².